The topological polar surface area (TPSA) is 17.8 Å². The first kappa shape index (κ1) is 9.97. The highest BCUT2D eigenvalue weighted by atomic mass is 15.3. The van der Waals surface area contributed by atoms with Crippen LogP contribution in [0.15, 0.2) is 30.3 Å². The molecule has 0 unspecified atom stereocenters. The molecule has 2 rings (SSSR count). The zero-order chi connectivity index (χ0) is 10.8. The van der Waals surface area contributed by atoms with Gasteiger partial charge in [-0.3, -0.25) is 4.68 Å². The van der Waals surface area contributed by atoms with E-state index in [4.69, 9.17) is 0 Å². The summed E-state index contributed by atoms with van der Waals surface area (Å²) < 4.78 is 1.98. The number of benzene rings is 1. The van der Waals surface area contributed by atoms with E-state index in [1.165, 1.54) is 22.5 Å². The van der Waals surface area contributed by atoms with Crippen LogP contribution < -0.4 is 0 Å². The second-order valence-corrected chi connectivity index (χ2v) is 3.76. The van der Waals surface area contributed by atoms with Crippen molar-refractivity contribution in [3.05, 3.63) is 41.6 Å². The zero-order valence-electron chi connectivity index (χ0n) is 9.49. The third-order valence-corrected chi connectivity index (χ3v) is 2.76. The molecule has 15 heavy (non-hydrogen) atoms. The predicted molar refractivity (Wildman–Crippen MR) is 62.8 cm³/mol. The van der Waals surface area contributed by atoms with Gasteiger partial charge >= 0.3 is 0 Å². The van der Waals surface area contributed by atoms with Crippen LogP contribution in [0.25, 0.3) is 11.3 Å². The fraction of sp³-hybridized carbons (Fsp3) is 0.308. The Bertz CT molecular complexity index is 455. The van der Waals surface area contributed by atoms with Crippen LogP contribution in [0.4, 0.5) is 0 Å². The number of rotatable bonds is 2. The molecule has 0 radical (unpaired) electrons. The van der Waals surface area contributed by atoms with Crippen LogP contribution in [-0.2, 0) is 13.5 Å². The van der Waals surface area contributed by atoms with Gasteiger partial charge in [0.25, 0.3) is 0 Å². The highest BCUT2D eigenvalue weighted by Gasteiger charge is 2.11. The summed E-state index contributed by atoms with van der Waals surface area (Å²) in [5, 5.41) is 4.52. The van der Waals surface area contributed by atoms with Crippen molar-refractivity contribution in [3.8, 4) is 11.3 Å². The largest absolute Gasteiger partial charge is 0.267 e. The second kappa shape index (κ2) is 3.89. The van der Waals surface area contributed by atoms with Gasteiger partial charge in [0.05, 0.1) is 11.4 Å². The van der Waals surface area contributed by atoms with Gasteiger partial charge in [-0.15, -0.1) is 0 Å². The third kappa shape index (κ3) is 1.67. The van der Waals surface area contributed by atoms with Crippen molar-refractivity contribution in [2.24, 2.45) is 7.05 Å². The van der Waals surface area contributed by atoms with Crippen molar-refractivity contribution in [1.82, 2.24) is 9.78 Å². The number of aryl methyl sites for hydroxylation is 2. The van der Waals surface area contributed by atoms with E-state index in [9.17, 15) is 0 Å². The molecule has 0 aliphatic rings. The van der Waals surface area contributed by atoms with Crippen molar-refractivity contribution in [1.29, 1.82) is 0 Å². The summed E-state index contributed by atoms with van der Waals surface area (Å²) in [5.74, 6) is 0. The molecule has 2 nitrogen and oxygen atoms in total. The first-order valence-electron chi connectivity index (χ1n) is 5.32. The van der Waals surface area contributed by atoms with Crippen molar-refractivity contribution in [2.45, 2.75) is 20.3 Å². The van der Waals surface area contributed by atoms with Crippen molar-refractivity contribution >= 4 is 0 Å². The molecule has 0 bridgehead atoms. The standard InChI is InChI=1S/C13H16N2/c1-4-12-10(2)13(15(3)14-12)11-8-6-5-7-9-11/h5-9H,4H2,1-3H3. The Morgan fingerprint density at radius 1 is 1.20 bits per heavy atom. The molecule has 1 heterocycles. The SMILES string of the molecule is CCc1nn(C)c(-c2ccccc2)c1C. The first-order chi connectivity index (χ1) is 7.24. The molecule has 1 aromatic carbocycles. The Hall–Kier alpha value is -1.57. The number of hydrogen-bond donors (Lipinski definition) is 0. The normalized spacial score (nSPS) is 10.6. The minimum atomic E-state index is 0.993. The maximum Gasteiger partial charge on any atom is 0.0710 e. The fourth-order valence-electron chi connectivity index (χ4n) is 2.02. The van der Waals surface area contributed by atoms with Crippen LogP contribution in [-0.4, -0.2) is 9.78 Å². The lowest BCUT2D eigenvalue weighted by Gasteiger charge is -2.02. The molecule has 0 N–H and O–H groups in total. The van der Waals surface area contributed by atoms with E-state index in [1.54, 1.807) is 0 Å². The van der Waals surface area contributed by atoms with E-state index in [0.29, 0.717) is 0 Å². The number of nitrogens with zero attached hydrogens (tertiary/aromatic N) is 2. The zero-order valence-corrected chi connectivity index (χ0v) is 9.49. The predicted octanol–water partition coefficient (Wildman–Crippen LogP) is 2.96. The van der Waals surface area contributed by atoms with Gasteiger partial charge in [0, 0.05) is 12.6 Å². The highest BCUT2D eigenvalue weighted by molar-refractivity contribution is 5.64. The van der Waals surface area contributed by atoms with E-state index in [1.807, 2.05) is 17.8 Å². The molecule has 0 fully saturated rings. The summed E-state index contributed by atoms with van der Waals surface area (Å²) >= 11 is 0. The van der Waals surface area contributed by atoms with E-state index in [2.05, 4.69) is 43.2 Å². The van der Waals surface area contributed by atoms with Crippen molar-refractivity contribution in [2.75, 3.05) is 0 Å². The Balaban J connectivity index is 2.58. The lowest BCUT2D eigenvalue weighted by atomic mass is 10.1. The maximum absolute atomic E-state index is 4.52. The molecular formula is C13H16N2. The van der Waals surface area contributed by atoms with Crippen LogP contribution >= 0.6 is 0 Å². The van der Waals surface area contributed by atoms with Gasteiger partial charge in [0.15, 0.2) is 0 Å². The molecule has 2 heteroatoms. The fourth-order valence-corrected chi connectivity index (χ4v) is 2.02. The maximum atomic E-state index is 4.52. The van der Waals surface area contributed by atoms with Crippen LogP contribution in [0.5, 0.6) is 0 Å². The van der Waals surface area contributed by atoms with E-state index >= 15 is 0 Å². The molecule has 0 saturated heterocycles. The van der Waals surface area contributed by atoms with Gasteiger partial charge < -0.3 is 0 Å². The minimum Gasteiger partial charge on any atom is -0.267 e. The number of aromatic nitrogens is 2. The Labute approximate surface area is 90.6 Å². The molecule has 78 valence electrons. The molecule has 2 aromatic rings. The summed E-state index contributed by atoms with van der Waals surface area (Å²) in [7, 11) is 2.01. The molecule has 0 spiro atoms. The summed E-state index contributed by atoms with van der Waals surface area (Å²) in [6.07, 6.45) is 0.993. The molecule has 0 amide bonds. The van der Waals surface area contributed by atoms with E-state index < -0.39 is 0 Å². The Morgan fingerprint density at radius 2 is 1.87 bits per heavy atom. The number of hydrogen-bond acceptors (Lipinski definition) is 1. The monoisotopic (exact) mass is 200 g/mol. The van der Waals surface area contributed by atoms with Gasteiger partial charge in [0.1, 0.15) is 0 Å². The first-order valence-corrected chi connectivity index (χ1v) is 5.32. The molecular weight excluding hydrogens is 184 g/mol. The summed E-state index contributed by atoms with van der Waals surface area (Å²) in [6, 6.07) is 10.4. The lowest BCUT2D eigenvalue weighted by Crippen LogP contribution is -1.94. The molecule has 0 aliphatic carbocycles. The molecule has 0 aliphatic heterocycles. The Kier molecular flexibility index (Phi) is 2.58. The third-order valence-electron chi connectivity index (χ3n) is 2.76. The highest BCUT2D eigenvalue weighted by Crippen LogP contribution is 2.24. The van der Waals surface area contributed by atoms with Crippen LogP contribution in [0.2, 0.25) is 0 Å². The summed E-state index contributed by atoms with van der Waals surface area (Å²) in [6.45, 7) is 4.29. The smallest absolute Gasteiger partial charge is 0.0710 e. The van der Waals surface area contributed by atoms with Crippen LogP contribution in [0.3, 0.4) is 0 Å². The van der Waals surface area contributed by atoms with Crippen LogP contribution in [0, 0.1) is 6.92 Å². The van der Waals surface area contributed by atoms with Gasteiger partial charge in [-0.25, -0.2) is 0 Å². The van der Waals surface area contributed by atoms with E-state index in [-0.39, 0.29) is 0 Å². The van der Waals surface area contributed by atoms with Gasteiger partial charge in [-0.1, -0.05) is 37.3 Å². The summed E-state index contributed by atoms with van der Waals surface area (Å²) in [5.41, 5.74) is 4.96. The van der Waals surface area contributed by atoms with Gasteiger partial charge in [-0.2, -0.15) is 5.10 Å². The second-order valence-electron chi connectivity index (χ2n) is 3.76. The molecule has 1 aromatic heterocycles. The average Bonchev–Trinajstić information content (AvgIpc) is 2.55. The van der Waals surface area contributed by atoms with Crippen molar-refractivity contribution < 1.29 is 0 Å². The van der Waals surface area contributed by atoms with Gasteiger partial charge in [0.2, 0.25) is 0 Å². The molecule has 0 saturated carbocycles. The lowest BCUT2D eigenvalue weighted by molar-refractivity contribution is 0.753. The van der Waals surface area contributed by atoms with E-state index in [0.717, 1.165) is 6.42 Å². The minimum absolute atomic E-state index is 0.993. The van der Waals surface area contributed by atoms with Crippen LogP contribution in [0.1, 0.15) is 18.2 Å². The molecule has 0 atom stereocenters. The Morgan fingerprint density at radius 3 is 2.40 bits per heavy atom. The van der Waals surface area contributed by atoms with Crippen molar-refractivity contribution in [3.63, 3.8) is 0 Å². The summed E-state index contributed by atoms with van der Waals surface area (Å²) in [4.78, 5) is 0. The van der Waals surface area contributed by atoms with Gasteiger partial charge in [-0.05, 0) is 18.9 Å². The quantitative estimate of drug-likeness (QED) is 0.728. The average molecular weight is 200 g/mol.